The first-order valence-corrected chi connectivity index (χ1v) is 9.52. The van der Waals surface area contributed by atoms with Crippen LogP contribution in [-0.4, -0.2) is 29.0 Å². The number of rotatable bonds is 6. The molecule has 3 rings (SSSR count). The van der Waals surface area contributed by atoms with Gasteiger partial charge in [-0.05, 0) is 43.7 Å². The number of hydrogen-bond donors (Lipinski definition) is 1. The van der Waals surface area contributed by atoms with Gasteiger partial charge < -0.3 is 10.1 Å². The molecule has 1 aromatic heterocycles. The van der Waals surface area contributed by atoms with Crippen molar-refractivity contribution in [2.24, 2.45) is 0 Å². The number of nitrogens with one attached hydrogen (secondary N) is 1. The zero-order valence-corrected chi connectivity index (χ0v) is 16.3. The Bertz CT molecular complexity index is 925. The number of aryl methyl sites for hydroxylation is 2. The first-order chi connectivity index (χ1) is 13.0. The smallest absolute Gasteiger partial charge is 0.234 e. The number of ether oxygens (including phenoxy) is 1. The Hall–Kier alpha value is -2.86. The maximum absolute atomic E-state index is 12.2. The van der Waals surface area contributed by atoms with Crippen LogP contribution in [-0.2, 0) is 4.79 Å². The van der Waals surface area contributed by atoms with Crippen LogP contribution in [0.5, 0.6) is 5.75 Å². The minimum Gasteiger partial charge on any atom is -0.495 e. The van der Waals surface area contributed by atoms with Crippen LogP contribution >= 0.6 is 11.8 Å². The van der Waals surface area contributed by atoms with E-state index >= 15 is 0 Å². The number of carbonyl (C=O) groups is 1. The highest BCUT2D eigenvalue weighted by Gasteiger charge is 2.09. The van der Waals surface area contributed by atoms with Crippen molar-refractivity contribution in [3.63, 3.8) is 0 Å². The van der Waals surface area contributed by atoms with Crippen molar-refractivity contribution >= 4 is 23.4 Å². The maximum atomic E-state index is 12.2. The molecule has 1 heterocycles. The second kappa shape index (κ2) is 8.68. The summed E-state index contributed by atoms with van der Waals surface area (Å²) in [5.41, 5.74) is 4.76. The molecule has 6 heteroatoms. The third-order valence-corrected chi connectivity index (χ3v) is 4.89. The second-order valence-corrected chi connectivity index (χ2v) is 7.16. The molecule has 0 aliphatic heterocycles. The normalized spacial score (nSPS) is 10.5. The van der Waals surface area contributed by atoms with Crippen molar-refractivity contribution in [2.45, 2.75) is 18.9 Å². The van der Waals surface area contributed by atoms with E-state index in [2.05, 4.69) is 15.5 Å². The number of aromatic nitrogens is 2. The Labute approximate surface area is 163 Å². The van der Waals surface area contributed by atoms with E-state index in [1.54, 1.807) is 7.11 Å². The third-order valence-electron chi connectivity index (χ3n) is 3.97. The quantitative estimate of drug-likeness (QED) is 0.639. The molecule has 1 amide bonds. The molecule has 0 bridgehead atoms. The molecule has 0 saturated carbocycles. The van der Waals surface area contributed by atoms with E-state index < -0.39 is 0 Å². The molecule has 0 spiro atoms. The minimum absolute atomic E-state index is 0.117. The zero-order chi connectivity index (χ0) is 19.2. The van der Waals surface area contributed by atoms with Gasteiger partial charge in [0, 0.05) is 5.56 Å². The molecule has 5 nitrogen and oxygen atoms in total. The van der Waals surface area contributed by atoms with Gasteiger partial charge in [-0.25, -0.2) is 0 Å². The summed E-state index contributed by atoms with van der Waals surface area (Å²) in [5.74, 6) is 0.768. The van der Waals surface area contributed by atoms with Crippen LogP contribution in [0.3, 0.4) is 0 Å². The van der Waals surface area contributed by atoms with Crippen LogP contribution in [0.2, 0.25) is 0 Å². The summed E-state index contributed by atoms with van der Waals surface area (Å²) in [6.07, 6.45) is 0. The predicted octanol–water partition coefficient (Wildman–Crippen LogP) is 4.50. The van der Waals surface area contributed by atoms with Gasteiger partial charge in [0.05, 0.1) is 24.2 Å². The summed E-state index contributed by atoms with van der Waals surface area (Å²) in [6.45, 7) is 4.02. The van der Waals surface area contributed by atoms with Crippen LogP contribution in [0.4, 0.5) is 5.69 Å². The number of hydrogen-bond acceptors (Lipinski definition) is 5. The van der Waals surface area contributed by atoms with Crippen LogP contribution in [0.25, 0.3) is 11.3 Å². The maximum Gasteiger partial charge on any atom is 0.234 e. The average Bonchev–Trinajstić information content (AvgIpc) is 2.68. The molecule has 0 unspecified atom stereocenters. The molecule has 1 N–H and O–H groups in total. The number of anilines is 1. The lowest BCUT2D eigenvalue weighted by Gasteiger charge is -2.10. The van der Waals surface area contributed by atoms with E-state index in [-0.39, 0.29) is 11.7 Å². The predicted molar refractivity (Wildman–Crippen MR) is 109 cm³/mol. The summed E-state index contributed by atoms with van der Waals surface area (Å²) in [6, 6.07) is 17.6. The van der Waals surface area contributed by atoms with Crippen molar-refractivity contribution < 1.29 is 9.53 Å². The standard InChI is InChI=1S/C21H21N3O2S/c1-14-4-7-16(8-5-14)17-9-11-21(24-23-17)27-13-20(25)22-18-12-15(2)6-10-19(18)26-3/h4-12H,13H2,1-3H3,(H,22,25). The molecular formula is C21H21N3O2S. The molecule has 2 aromatic carbocycles. The van der Waals surface area contributed by atoms with Crippen LogP contribution < -0.4 is 10.1 Å². The Kier molecular flexibility index (Phi) is 6.08. The minimum atomic E-state index is -0.117. The lowest BCUT2D eigenvalue weighted by molar-refractivity contribution is -0.113. The fourth-order valence-corrected chi connectivity index (χ4v) is 3.13. The molecule has 3 aromatic rings. The molecule has 0 radical (unpaired) electrons. The number of amides is 1. The van der Waals surface area contributed by atoms with E-state index in [4.69, 9.17) is 4.74 Å². The Morgan fingerprint density at radius 3 is 2.41 bits per heavy atom. The van der Waals surface area contributed by atoms with Gasteiger partial charge in [0.1, 0.15) is 10.8 Å². The molecule has 27 heavy (non-hydrogen) atoms. The van der Waals surface area contributed by atoms with Gasteiger partial charge in [-0.15, -0.1) is 10.2 Å². The second-order valence-electron chi connectivity index (χ2n) is 6.16. The fraction of sp³-hybridized carbons (Fsp3) is 0.190. The lowest BCUT2D eigenvalue weighted by Crippen LogP contribution is -2.15. The van der Waals surface area contributed by atoms with Crippen LogP contribution in [0.15, 0.2) is 59.6 Å². The van der Waals surface area contributed by atoms with Gasteiger partial charge in [0.25, 0.3) is 0 Å². The van der Waals surface area contributed by atoms with E-state index in [9.17, 15) is 4.79 Å². The molecule has 0 fully saturated rings. The molecule has 0 atom stereocenters. The van der Waals surface area contributed by atoms with Gasteiger partial charge >= 0.3 is 0 Å². The van der Waals surface area contributed by atoms with Crippen molar-refractivity contribution in [2.75, 3.05) is 18.2 Å². The summed E-state index contributed by atoms with van der Waals surface area (Å²) in [5, 5.41) is 12.1. The van der Waals surface area contributed by atoms with Crippen LogP contribution in [0, 0.1) is 13.8 Å². The van der Waals surface area contributed by atoms with Gasteiger partial charge in [0.2, 0.25) is 5.91 Å². The van der Waals surface area contributed by atoms with Crippen molar-refractivity contribution in [1.29, 1.82) is 0 Å². The first-order valence-electron chi connectivity index (χ1n) is 8.53. The topological polar surface area (TPSA) is 64.1 Å². The number of benzene rings is 2. The van der Waals surface area contributed by atoms with E-state index in [1.807, 2.05) is 68.4 Å². The first kappa shape index (κ1) is 18.9. The van der Waals surface area contributed by atoms with Crippen molar-refractivity contribution in [1.82, 2.24) is 10.2 Å². The van der Waals surface area contributed by atoms with E-state index in [0.717, 1.165) is 16.8 Å². The summed E-state index contributed by atoms with van der Waals surface area (Å²) in [4.78, 5) is 12.2. The average molecular weight is 379 g/mol. The highest BCUT2D eigenvalue weighted by Crippen LogP contribution is 2.26. The monoisotopic (exact) mass is 379 g/mol. The van der Waals surface area contributed by atoms with Crippen LogP contribution in [0.1, 0.15) is 11.1 Å². The molecular weight excluding hydrogens is 358 g/mol. The SMILES string of the molecule is COc1ccc(C)cc1NC(=O)CSc1ccc(-c2ccc(C)cc2)nn1. The molecule has 0 aliphatic carbocycles. The summed E-state index contributed by atoms with van der Waals surface area (Å²) in [7, 11) is 1.58. The van der Waals surface area contributed by atoms with Crippen molar-refractivity contribution in [3.05, 3.63) is 65.7 Å². The molecule has 0 saturated heterocycles. The van der Waals surface area contributed by atoms with Gasteiger partial charge in [-0.1, -0.05) is 47.7 Å². The third kappa shape index (κ3) is 5.08. The lowest BCUT2D eigenvalue weighted by atomic mass is 10.1. The van der Waals surface area contributed by atoms with E-state index in [0.29, 0.717) is 16.5 Å². The number of nitrogens with zero attached hydrogens (tertiary/aromatic N) is 2. The Balaban J connectivity index is 1.59. The molecule has 138 valence electrons. The van der Waals surface area contributed by atoms with E-state index in [1.165, 1.54) is 17.3 Å². The zero-order valence-electron chi connectivity index (χ0n) is 15.5. The number of methoxy groups -OCH3 is 1. The van der Waals surface area contributed by atoms with Crippen molar-refractivity contribution in [3.8, 4) is 17.0 Å². The summed E-state index contributed by atoms with van der Waals surface area (Å²) < 4.78 is 5.28. The number of thioether (sulfide) groups is 1. The number of carbonyl (C=O) groups excluding carboxylic acids is 1. The van der Waals surface area contributed by atoms with Gasteiger partial charge in [-0.2, -0.15) is 0 Å². The van der Waals surface area contributed by atoms with Gasteiger partial charge in [-0.3, -0.25) is 4.79 Å². The highest BCUT2D eigenvalue weighted by atomic mass is 32.2. The van der Waals surface area contributed by atoms with Gasteiger partial charge in [0.15, 0.2) is 0 Å². The Morgan fingerprint density at radius 2 is 1.74 bits per heavy atom. The highest BCUT2D eigenvalue weighted by molar-refractivity contribution is 7.99. The Morgan fingerprint density at radius 1 is 1.00 bits per heavy atom. The molecule has 0 aliphatic rings. The fourth-order valence-electron chi connectivity index (χ4n) is 2.52. The summed E-state index contributed by atoms with van der Waals surface area (Å²) >= 11 is 1.35. The largest absolute Gasteiger partial charge is 0.495 e.